The standard InChI is InChI=1S/C18H26N4O.2ClH/c1-12(2)22-16-9-5-4-8-15(16)20-17(22)14-7-6-10-21(11-14)18(23)13(3)19;;/h4-5,8-9,12-14H,6-7,10-11,19H2,1-3H3;2*1H/t13-,14?;;/m1../s1. The number of nitrogens with zero attached hydrogens (tertiary/aromatic N) is 3. The van der Waals surface area contributed by atoms with Gasteiger partial charge in [-0.25, -0.2) is 4.98 Å². The van der Waals surface area contributed by atoms with E-state index in [9.17, 15) is 4.79 Å². The number of aromatic nitrogens is 2. The number of para-hydroxylation sites is 2. The highest BCUT2D eigenvalue weighted by molar-refractivity contribution is 5.85. The number of imidazole rings is 1. The van der Waals surface area contributed by atoms with Crippen molar-refractivity contribution in [3.63, 3.8) is 0 Å². The lowest BCUT2D eigenvalue weighted by molar-refractivity contribution is -0.133. The van der Waals surface area contributed by atoms with E-state index in [0.29, 0.717) is 6.04 Å². The minimum atomic E-state index is -0.433. The third kappa shape index (κ3) is 4.27. The number of likely N-dealkylation sites (tertiary alicyclic amines) is 1. The van der Waals surface area contributed by atoms with Gasteiger partial charge in [0.2, 0.25) is 5.91 Å². The summed E-state index contributed by atoms with van der Waals surface area (Å²) in [6.45, 7) is 7.65. The van der Waals surface area contributed by atoms with Crippen molar-refractivity contribution in [3.8, 4) is 0 Å². The molecule has 0 saturated carbocycles. The van der Waals surface area contributed by atoms with Crippen molar-refractivity contribution >= 4 is 41.8 Å². The second kappa shape index (κ2) is 8.88. The Hall–Kier alpha value is -1.30. The fourth-order valence-electron chi connectivity index (χ4n) is 3.57. The fraction of sp³-hybridized carbons (Fsp3) is 0.556. The Morgan fingerprint density at radius 1 is 1.24 bits per heavy atom. The predicted octanol–water partition coefficient (Wildman–Crippen LogP) is 3.51. The molecule has 3 rings (SSSR count). The molecule has 1 aromatic heterocycles. The lowest BCUT2D eigenvalue weighted by Gasteiger charge is -2.34. The van der Waals surface area contributed by atoms with Gasteiger partial charge in [0.1, 0.15) is 5.82 Å². The minimum Gasteiger partial charge on any atom is -0.341 e. The molecule has 1 fully saturated rings. The first-order chi connectivity index (χ1) is 11.0. The molecule has 7 heteroatoms. The van der Waals surface area contributed by atoms with E-state index in [1.807, 2.05) is 11.0 Å². The second-order valence-corrected chi connectivity index (χ2v) is 6.83. The summed E-state index contributed by atoms with van der Waals surface area (Å²) in [5.74, 6) is 1.42. The molecule has 1 aliphatic heterocycles. The van der Waals surface area contributed by atoms with Crippen molar-refractivity contribution in [1.82, 2.24) is 14.5 Å². The summed E-state index contributed by atoms with van der Waals surface area (Å²) in [6, 6.07) is 8.18. The van der Waals surface area contributed by atoms with Gasteiger partial charge in [0.05, 0.1) is 17.1 Å². The van der Waals surface area contributed by atoms with Gasteiger partial charge in [-0.1, -0.05) is 12.1 Å². The maximum atomic E-state index is 12.2. The van der Waals surface area contributed by atoms with Crippen LogP contribution >= 0.6 is 24.8 Å². The first kappa shape index (κ1) is 21.7. The molecule has 0 spiro atoms. The van der Waals surface area contributed by atoms with Gasteiger partial charge in [0, 0.05) is 25.0 Å². The summed E-state index contributed by atoms with van der Waals surface area (Å²) in [5.41, 5.74) is 7.99. The average Bonchev–Trinajstić information content (AvgIpc) is 2.93. The summed E-state index contributed by atoms with van der Waals surface area (Å²) in [7, 11) is 0. The fourth-order valence-corrected chi connectivity index (χ4v) is 3.57. The van der Waals surface area contributed by atoms with Crippen LogP contribution in [0.1, 0.15) is 51.4 Å². The number of rotatable bonds is 3. The molecule has 1 aliphatic rings. The second-order valence-electron chi connectivity index (χ2n) is 6.83. The van der Waals surface area contributed by atoms with Gasteiger partial charge >= 0.3 is 0 Å². The van der Waals surface area contributed by atoms with Gasteiger partial charge in [0.25, 0.3) is 0 Å². The number of benzene rings is 1. The Labute approximate surface area is 161 Å². The number of hydrogen-bond acceptors (Lipinski definition) is 3. The molecule has 1 amide bonds. The van der Waals surface area contributed by atoms with Crippen LogP contribution in [-0.2, 0) is 4.79 Å². The van der Waals surface area contributed by atoms with E-state index in [4.69, 9.17) is 10.7 Å². The Morgan fingerprint density at radius 3 is 2.56 bits per heavy atom. The minimum absolute atomic E-state index is 0. The monoisotopic (exact) mass is 386 g/mol. The molecule has 2 heterocycles. The number of nitrogens with two attached hydrogens (primary N) is 1. The zero-order chi connectivity index (χ0) is 16.6. The van der Waals surface area contributed by atoms with E-state index in [2.05, 4.69) is 36.6 Å². The molecule has 0 bridgehead atoms. The van der Waals surface area contributed by atoms with Crippen molar-refractivity contribution in [2.24, 2.45) is 5.73 Å². The molecule has 0 aliphatic carbocycles. The number of fused-ring (bicyclic) bond motifs is 1. The van der Waals surface area contributed by atoms with E-state index in [0.717, 1.165) is 37.3 Å². The molecular formula is C18H28Cl2N4O. The van der Waals surface area contributed by atoms with Crippen molar-refractivity contribution in [1.29, 1.82) is 0 Å². The van der Waals surface area contributed by atoms with Crippen LogP contribution in [0.25, 0.3) is 11.0 Å². The SMILES string of the molecule is CC(C)n1c(C2CCCN(C(=O)[C@@H](C)N)C2)nc2ccccc21.Cl.Cl. The van der Waals surface area contributed by atoms with Crippen LogP contribution in [-0.4, -0.2) is 39.5 Å². The summed E-state index contributed by atoms with van der Waals surface area (Å²) < 4.78 is 2.32. The Kier molecular flexibility index (Phi) is 7.72. The summed E-state index contributed by atoms with van der Waals surface area (Å²) in [6.07, 6.45) is 2.07. The van der Waals surface area contributed by atoms with E-state index in [1.165, 1.54) is 5.52 Å². The predicted molar refractivity (Wildman–Crippen MR) is 107 cm³/mol. The highest BCUT2D eigenvalue weighted by atomic mass is 35.5. The van der Waals surface area contributed by atoms with Gasteiger partial charge in [-0.05, 0) is 45.7 Å². The number of carbonyl (C=O) groups excluding carboxylic acids is 1. The molecule has 1 saturated heterocycles. The molecule has 2 aromatic rings. The Morgan fingerprint density at radius 2 is 1.92 bits per heavy atom. The summed E-state index contributed by atoms with van der Waals surface area (Å²) in [5, 5.41) is 0. The maximum Gasteiger partial charge on any atom is 0.239 e. The number of carbonyl (C=O) groups is 1. The number of hydrogen-bond donors (Lipinski definition) is 1. The van der Waals surface area contributed by atoms with E-state index in [-0.39, 0.29) is 36.6 Å². The van der Waals surface area contributed by atoms with Crippen molar-refractivity contribution in [2.75, 3.05) is 13.1 Å². The molecule has 1 unspecified atom stereocenters. The van der Waals surface area contributed by atoms with Gasteiger partial charge in [0.15, 0.2) is 0 Å². The third-order valence-corrected chi connectivity index (χ3v) is 4.63. The van der Waals surface area contributed by atoms with Crippen molar-refractivity contribution in [2.45, 2.75) is 51.6 Å². The normalized spacial score (nSPS) is 18.6. The number of halogens is 2. The van der Waals surface area contributed by atoms with Crippen LogP contribution in [0.15, 0.2) is 24.3 Å². The van der Waals surface area contributed by atoms with E-state index < -0.39 is 6.04 Å². The first-order valence-corrected chi connectivity index (χ1v) is 8.50. The molecule has 2 atom stereocenters. The molecular weight excluding hydrogens is 359 g/mol. The Bertz CT molecular complexity index is 714. The van der Waals surface area contributed by atoms with Crippen LogP contribution in [0.5, 0.6) is 0 Å². The van der Waals surface area contributed by atoms with Crippen LogP contribution in [0.2, 0.25) is 0 Å². The van der Waals surface area contributed by atoms with E-state index >= 15 is 0 Å². The van der Waals surface area contributed by atoms with Gasteiger partial charge in [-0.2, -0.15) is 0 Å². The molecule has 1 aromatic carbocycles. The zero-order valence-electron chi connectivity index (χ0n) is 15.0. The van der Waals surface area contributed by atoms with Crippen molar-refractivity contribution < 1.29 is 4.79 Å². The highest BCUT2D eigenvalue weighted by Crippen LogP contribution is 2.31. The lowest BCUT2D eigenvalue weighted by Crippen LogP contribution is -2.46. The molecule has 0 radical (unpaired) electrons. The molecule has 140 valence electrons. The quantitative estimate of drug-likeness (QED) is 0.877. The number of piperidine rings is 1. The highest BCUT2D eigenvalue weighted by Gasteiger charge is 2.30. The Balaban J connectivity index is 0.00000156. The largest absolute Gasteiger partial charge is 0.341 e. The average molecular weight is 387 g/mol. The van der Waals surface area contributed by atoms with Gasteiger partial charge in [-0.15, -0.1) is 24.8 Å². The topological polar surface area (TPSA) is 64.2 Å². The van der Waals surface area contributed by atoms with Gasteiger partial charge < -0.3 is 15.2 Å². The van der Waals surface area contributed by atoms with Crippen LogP contribution in [0, 0.1) is 0 Å². The zero-order valence-corrected chi connectivity index (χ0v) is 16.6. The maximum absolute atomic E-state index is 12.2. The van der Waals surface area contributed by atoms with Crippen LogP contribution in [0.3, 0.4) is 0 Å². The van der Waals surface area contributed by atoms with E-state index in [1.54, 1.807) is 6.92 Å². The molecule has 2 N–H and O–H groups in total. The molecule has 25 heavy (non-hydrogen) atoms. The van der Waals surface area contributed by atoms with Crippen LogP contribution < -0.4 is 5.73 Å². The number of amides is 1. The van der Waals surface area contributed by atoms with Gasteiger partial charge in [-0.3, -0.25) is 4.79 Å². The summed E-state index contributed by atoms with van der Waals surface area (Å²) in [4.78, 5) is 19.0. The summed E-state index contributed by atoms with van der Waals surface area (Å²) >= 11 is 0. The molecule has 5 nitrogen and oxygen atoms in total. The van der Waals surface area contributed by atoms with Crippen LogP contribution in [0.4, 0.5) is 0 Å². The third-order valence-electron chi connectivity index (χ3n) is 4.63. The smallest absolute Gasteiger partial charge is 0.239 e. The first-order valence-electron chi connectivity index (χ1n) is 8.50. The lowest BCUT2D eigenvalue weighted by atomic mass is 9.96. The van der Waals surface area contributed by atoms with Crippen molar-refractivity contribution in [3.05, 3.63) is 30.1 Å².